The molecule has 1 heterocycles. The SMILES string of the molecule is Nc1ccc(-c2cccnc2[N+](=O)[O-])cc1. The highest BCUT2D eigenvalue weighted by Gasteiger charge is 2.15. The van der Waals surface area contributed by atoms with Crippen molar-refractivity contribution >= 4 is 11.5 Å². The Hall–Kier alpha value is -2.43. The highest BCUT2D eigenvalue weighted by atomic mass is 16.6. The topological polar surface area (TPSA) is 82.0 Å². The molecule has 5 nitrogen and oxygen atoms in total. The molecule has 2 rings (SSSR count). The van der Waals surface area contributed by atoms with Crippen molar-refractivity contribution in [2.75, 3.05) is 5.73 Å². The van der Waals surface area contributed by atoms with Gasteiger partial charge in [-0.1, -0.05) is 12.1 Å². The molecule has 2 N–H and O–H groups in total. The first kappa shape index (κ1) is 10.1. The molecule has 0 aliphatic rings. The van der Waals surface area contributed by atoms with Gasteiger partial charge in [-0.25, -0.2) is 0 Å². The number of hydrogen-bond acceptors (Lipinski definition) is 4. The number of nitrogens with zero attached hydrogens (tertiary/aromatic N) is 2. The van der Waals surface area contributed by atoms with Crippen LogP contribution in [0.3, 0.4) is 0 Å². The Balaban J connectivity index is 2.55. The molecule has 0 spiro atoms. The molecule has 80 valence electrons. The van der Waals surface area contributed by atoms with E-state index < -0.39 is 4.92 Å². The van der Waals surface area contributed by atoms with Crippen molar-refractivity contribution in [2.24, 2.45) is 0 Å². The Morgan fingerprint density at radius 1 is 1.19 bits per heavy atom. The van der Waals surface area contributed by atoms with E-state index in [2.05, 4.69) is 4.98 Å². The monoisotopic (exact) mass is 215 g/mol. The second-order valence-corrected chi connectivity index (χ2v) is 3.25. The van der Waals surface area contributed by atoms with Gasteiger partial charge in [0.25, 0.3) is 0 Å². The summed E-state index contributed by atoms with van der Waals surface area (Å²) in [6.45, 7) is 0. The summed E-state index contributed by atoms with van der Waals surface area (Å²) in [4.78, 5) is 14.0. The van der Waals surface area contributed by atoms with Gasteiger partial charge in [0.1, 0.15) is 6.20 Å². The fourth-order valence-electron chi connectivity index (χ4n) is 1.43. The van der Waals surface area contributed by atoms with Gasteiger partial charge in [-0.15, -0.1) is 0 Å². The molecule has 0 fully saturated rings. The zero-order chi connectivity index (χ0) is 11.5. The van der Waals surface area contributed by atoms with Gasteiger partial charge in [0, 0.05) is 5.69 Å². The highest BCUT2D eigenvalue weighted by Crippen LogP contribution is 2.27. The first-order valence-electron chi connectivity index (χ1n) is 4.64. The van der Waals surface area contributed by atoms with Crippen LogP contribution in [0.4, 0.5) is 11.5 Å². The molecule has 0 unspecified atom stereocenters. The molecule has 0 bridgehead atoms. The minimum Gasteiger partial charge on any atom is -0.399 e. The molecule has 0 atom stereocenters. The van der Waals surface area contributed by atoms with Crippen molar-refractivity contribution in [3.05, 3.63) is 52.7 Å². The number of benzene rings is 1. The third kappa shape index (κ3) is 1.83. The van der Waals surface area contributed by atoms with Gasteiger partial charge in [0.15, 0.2) is 0 Å². The molecule has 0 saturated heterocycles. The van der Waals surface area contributed by atoms with E-state index in [9.17, 15) is 10.1 Å². The van der Waals surface area contributed by atoms with Crippen LogP contribution in [0.5, 0.6) is 0 Å². The zero-order valence-corrected chi connectivity index (χ0v) is 8.33. The summed E-state index contributed by atoms with van der Waals surface area (Å²) < 4.78 is 0. The van der Waals surface area contributed by atoms with Gasteiger partial charge in [0.2, 0.25) is 0 Å². The van der Waals surface area contributed by atoms with Gasteiger partial charge < -0.3 is 15.8 Å². The summed E-state index contributed by atoms with van der Waals surface area (Å²) in [6.07, 6.45) is 1.40. The van der Waals surface area contributed by atoms with E-state index >= 15 is 0 Å². The average Bonchev–Trinajstić information content (AvgIpc) is 2.30. The average molecular weight is 215 g/mol. The second kappa shape index (κ2) is 3.98. The van der Waals surface area contributed by atoms with E-state index in [1.54, 1.807) is 36.4 Å². The molecule has 1 aromatic carbocycles. The van der Waals surface area contributed by atoms with Crippen molar-refractivity contribution in [3.63, 3.8) is 0 Å². The molecule has 0 radical (unpaired) electrons. The Morgan fingerprint density at radius 2 is 1.88 bits per heavy atom. The second-order valence-electron chi connectivity index (χ2n) is 3.25. The molecule has 16 heavy (non-hydrogen) atoms. The van der Waals surface area contributed by atoms with Gasteiger partial charge in [-0.3, -0.25) is 0 Å². The van der Waals surface area contributed by atoms with Crippen molar-refractivity contribution in [1.82, 2.24) is 4.98 Å². The Kier molecular flexibility index (Phi) is 2.51. The number of anilines is 1. The third-order valence-corrected chi connectivity index (χ3v) is 2.18. The van der Waals surface area contributed by atoms with Crippen LogP contribution in [0.15, 0.2) is 42.6 Å². The molecule has 0 saturated carbocycles. The molecule has 1 aromatic heterocycles. The summed E-state index contributed by atoms with van der Waals surface area (Å²) in [5.41, 5.74) is 7.40. The number of hydrogen-bond donors (Lipinski definition) is 1. The van der Waals surface area contributed by atoms with E-state index in [1.165, 1.54) is 6.20 Å². The quantitative estimate of drug-likeness (QED) is 0.473. The lowest BCUT2D eigenvalue weighted by Crippen LogP contribution is -1.94. The van der Waals surface area contributed by atoms with Crippen LogP contribution in [0, 0.1) is 10.1 Å². The minimum atomic E-state index is -0.494. The number of pyridine rings is 1. The van der Waals surface area contributed by atoms with Crippen molar-refractivity contribution in [3.8, 4) is 11.1 Å². The summed E-state index contributed by atoms with van der Waals surface area (Å²) in [6, 6.07) is 10.2. The zero-order valence-electron chi connectivity index (χ0n) is 8.33. The van der Waals surface area contributed by atoms with Crippen LogP contribution in [-0.2, 0) is 0 Å². The van der Waals surface area contributed by atoms with Gasteiger partial charge in [0.05, 0.1) is 5.56 Å². The van der Waals surface area contributed by atoms with Crippen LogP contribution >= 0.6 is 0 Å². The number of aromatic nitrogens is 1. The Bertz CT molecular complexity index is 523. The van der Waals surface area contributed by atoms with E-state index in [4.69, 9.17) is 5.73 Å². The lowest BCUT2D eigenvalue weighted by Gasteiger charge is -2.02. The summed E-state index contributed by atoms with van der Waals surface area (Å²) in [7, 11) is 0. The largest absolute Gasteiger partial charge is 0.399 e. The van der Waals surface area contributed by atoms with Gasteiger partial charge >= 0.3 is 5.82 Å². The van der Waals surface area contributed by atoms with E-state index in [0.717, 1.165) is 5.56 Å². The summed E-state index contributed by atoms with van der Waals surface area (Å²) in [5.74, 6) is -0.146. The first-order chi connectivity index (χ1) is 7.68. The van der Waals surface area contributed by atoms with Crippen LogP contribution in [0.25, 0.3) is 11.1 Å². The maximum atomic E-state index is 10.8. The molecule has 0 amide bonds. The molecular weight excluding hydrogens is 206 g/mol. The fraction of sp³-hybridized carbons (Fsp3) is 0. The third-order valence-electron chi connectivity index (χ3n) is 2.18. The lowest BCUT2D eigenvalue weighted by atomic mass is 10.1. The van der Waals surface area contributed by atoms with Crippen LogP contribution in [-0.4, -0.2) is 9.91 Å². The van der Waals surface area contributed by atoms with Gasteiger partial charge in [-0.2, -0.15) is 0 Å². The standard InChI is InChI=1S/C11H9N3O2/c12-9-5-3-8(4-6-9)10-2-1-7-13-11(10)14(15)16/h1-7H,12H2. The molecule has 0 aliphatic heterocycles. The van der Waals surface area contributed by atoms with Crippen molar-refractivity contribution in [1.29, 1.82) is 0 Å². The molecule has 0 aliphatic carbocycles. The van der Waals surface area contributed by atoms with Gasteiger partial charge in [-0.05, 0) is 39.7 Å². The summed E-state index contributed by atoms with van der Waals surface area (Å²) in [5, 5.41) is 10.8. The number of nitrogen functional groups attached to an aromatic ring is 1. The molecule has 2 aromatic rings. The smallest absolute Gasteiger partial charge is 0.371 e. The lowest BCUT2D eigenvalue weighted by molar-refractivity contribution is -0.388. The number of nitrogens with two attached hydrogens (primary N) is 1. The molecular formula is C11H9N3O2. The maximum Gasteiger partial charge on any atom is 0.371 e. The minimum absolute atomic E-state index is 0.146. The predicted octanol–water partition coefficient (Wildman–Crippen LogP) is 2.24. The first-order valence-corrected chi connectivity index (χ1v) is 4.64. The Labute approximate surface area is 91.7 Å². The maximum absolute atomic E-state index is 10.8. The van der Waals surface area contributed by atoms with Crippen LogP contribution in [0.2, 0.25) is 0 Å². The fourth-order valence-corrected chi connectivity index (χ4v) is 1.43. The van der Waals surface area contributed by atoms with Crippen LogP contribution < -0.4 is 5.73 Å². The van der Waals surface area contributed by atoms with E-state index in [-0.39, 0.29) is 5.82 Å². The number of rotatable bonds is 2. The number of nitro groups is 1. The molecule has 5 heteroatoms. The van der Waals surface area contributed by atoms with Crippen LogP contribution in [0.1, 0.15) is 0 Å². The van der Waals surface area contributed by atoms with E-state index in [1.807, 2.05) is 0 Å². The predicted molar refractivity (Wildman–Crippen MR) is 60.7 cm³/mol. The highest BCUT2D eigenvalue weighted by molar-refractivity contribution is 5.72. The summed E-state index contributed by atoms with van der Waals surface area (Å²) >= 11 is 0. The van der Waals surface area contributed by atoms with E-state index in [0.29, 0.717) is 11.3 Å². The van der Waals surface area contributed by atoms with Crippen molar-refractivity contribution < 1.29 is 4.92 Å². The Morgan fingerprint density at radius 3 is 2.50 bits per heavy atom. The normalized spacial score (nSPS) is 10.0. The van der Waals surface area contributed by atoms with Crippen molar-refractivity contribution in [2.45, 2.75) is 0 Å².